The van der Waals surface area contributed by atoms with E-state index in [9.17, 15) is 4.79 Å². The van der Waals surface area contributed by atoms with E-state index in [1.165, 1.54) is 0 Å². The molecule has 0 saturated carbocycles. The van der Waals surface area contributed by atoms with Gasteiger partial charge in [-0.1, -0.05) is 29.8 Å². The molecule has 2 heterocycles. The first-order chi connectivity index (χ1) is 11.2. The van der Waals surface area contributed by atoms with Gasteiger partial charge in [0.1, 0.15) is 6.33 Å². The minimum absolute atomic E-state index is 0.178. The molecular weight excluding hydrogens is 314 g/mol. The lowest BCUT2D eigenvalue weighted by Crippen LogP contribution is -2.15. The quantitative estimate of drug-likeness (QED) is 0.781. The number of hydrogen-bond donors (Lipinski definition) is 1. The molecule has 0 spiro atoms. The van der Waals surface area contributed by atoms with Crippen molar-refractivity contribution in [1.29, 1.82) is 0 Å². The van der Waals surface area contributed by atoms with Crippen molar-refractivity contribution in [1.82, 2.24) is 19.7 Å². The average Bonchev–Trinajstić information content (AvgIpc) is 2.97. The van der Waals surface area contributed by atoms with Crippen LogP contribution in [0.5, 0.6) is 0 Å². The summed E-state index contributed by atoms with van der Waals surface area (Å²) < 4.78 is 1.63. The Morgan fingerprint density at radius 1 is 1.13 bits per heavy atom. The number of rotatable bonds is 5. The van der Waals surface area contributed by atoms with Crippen molar-refractivity contribution in [3.05, 3.63) is 71.3 Å². The van der Waals surface area contributed by atoms with E-state index in [1.807, 2.05) is 30.3 Å². The summed E-state index contributed by atoms with van der Waals surface area (Å²) in [6, 6.07) is 12.8. The molecule has 0 unspecified atom stereocenters. The second-order valence-electron chi connectivity index (χ2n) is 4.94. The molecule has 0 radical (unpaired) electrons. The van der Waals surface area contributed by atoms with E-state index in [4.69, 9.17) is 11.6 Å². The van der Waals surface area contributed by atoms with E-state index < -0.39 is 0 Å². The highest BCUT2D eigenvalue weighted by molar-refractivity contribution is 6.30. The highest BCUT2D eigenvalue weighted by atomic mass is 35.5. The van der Waals surface area contributed by atoms with Crippen LogP contribution < -0.4 is 5.32 Å². The van der Waals surface area contributed by atoms with Crippen LogP contribution in [-0.4, -0.2) is 25.7 Å². The van der Waals surface area contributed by atoms with Gasteiger partial charge in [0.15, 0.2) is 0 Å². The summed E-state index contributed by atoms with van der Waals surface area (Å²) in [6.07, 6.45) is 3.53. The Balaban J connectivity index is 1.58. The number of carbonyl (C=O) groups excluding carboxylic acids is 1. The minimum atomic E-state index is -0.178. The van der Waals surface area contributed by atoms with Crippen LogP contribution in [-0.2, 0) is 17.8 Å². The molecule has 0 bridgehead atoms. The van der Waals surface area contributed by atoms with Crippen molar-refractivity contribution in [2.24, 2.45) is 0 Å². The van der Waals surface area contributed by atoms with Gasteiger partial charge < -0.3 is 0 Å². The number of aromatic nitrogens is 4. The van der Waals surface area contributed by atoms with Gasteiger partial charge in [-0.3, -0.25) is 15.1 Å². The van der Waals surface area contributed by atoms with Crippen LogP contribution in [0.1, 0.15) is 11.3 Å². The summed E-state index contributed by atoms with van der Waals surface area (Å²) in [6.45, 7) is 0.501. The van der Waals surface area contributed by atoms with Gasteiger partial charge in [-0.25, -0.2) is 9.67 Å². The maximum atomic E-state index is 12.0. The first kappa shape index (κ1) is 15.2. The third kappa shape index (κ3) is 4.37. The van der Waals surface area contributed by atoms with Crippen LogP contribution >= 0.6 is 11.6 Å². The Labute approximate surface area is 138 Å². The Bertz CT molecular complexity index is 786. The molecular formula is C16H14ClN5O. The third-order valence-corrected chi connectivity index (χ3v) is 3.37. The lowest BCUT2D eigenvalue weighted by Gasteiger charge is -2.02. The molecule has 0 atom stereocenters. The van der Waals surface area contributed by atoms with E-state index in [-0.39, 0.29) is 18.3 Å². The summed E-state index contributed by atoms with van der Waals surface area (Å²) >= 11 is 5.82. The monoisotopic (exact) mass is 327 g/mol. The molecule has 116 valence electrons. The lowest BCUT2D eigenvalue weighted by atomic mass is 10.1. The summed E-state index contributed by atoms with van der Waals surface area (Å²) in [4.78, 5) is 20.3. The molecule has 1 amide bonds. The third-order valence-electron chi connectivity index (χ3n) is 3.12. The topological polar surface area (TPSA) is 72.7 Å². The van der Waals surface area contributed by atoms with E-state index >= 15 is 0 Å². The first-order valence-electron chi connectivity index (χ1n) is 7.03. The highest BCUT2D eigenvalue weighted by Gasteiger charge is 2.08. The molecule has 23 heavy (non-hydrogen) atoms. The summed E-state index contributed by atoms with van der Waals surface area (Å²) in [7, 11) is 0. The maximum Gasteiger partial charge on any atom is 0.248 e. The molecule has 0 saturated heterocycles. The Morgan fingerprint density at radius 2 is 1.96 bits per heavy atom. The number of anilines is 1. The zero-order valence-corrected chi connectivity index (χ0v) is 12.9. The van der Waals surface area contributed by atoms with Gasteiger partial charge in [0, 0.05) is 11.2 Å². The molecule has 0 fully saturated rings. The van der Waals surface area contributed by atoms with Crippen LogP contribution in [0.3, 0.4) is 0 Å². The van der Waals surface area contributed by atoms with Crippen molar-refractivity contribution in [3.8, 4) is 0 Å². The normalized spacial score (nSPS) is 10.5. The maximum absolute atomic E-state index is 12.0. The van der Waals surface area contributed by atoms with Gasteiger partial charge in [0.05, 0.1) is 18.7 Å². The SMILES string of the molecule is O=C(Cc1ccc(Cl)cc1)Nc1ncn(Cc2ccccn2)n1. The molecule has 7 heteroatoms. The Kier molecular flexibility index (Phi) is 4.63. The number of halogens is 1. The van der Waals surface area contributed by atoms with Crippen molar-refractivity contribution in [2.45, 2.75) is 13.0 Å². The second kappa shape index (κ2) is 7.02. The fraction of sp³-hybridized carbons (Fsp3) is 0.125. The molecule has 2 aromatic heterocycles. The van der Waals surface area contributed by atoms with Crippen molar-refractivity contribution in [3.63, 3.8) is 0 Å². The number of amides is 1. The lowest BCUT2D eigenvalue weighted by molar-refractivity contribution is -0.115. The van der Waals surface area contributed by atoms with Crippen molar-refractivity contribution >= 4 is 23.5 Å². The predicted octanol–water partition coefficient (Wildman–Crippen LogP) is 2.56. The Hall–Kier alpha value is -2.73. The number of nitrogens with one attached hydrogen (secondary N) is 1. The van der Waals surface area contributed by atoms with Crippen molar-refractivity contribution < 1.29 is 4.79 Å². The number of hydrogen-bond acceptors (Lipinski definition) is 4. The summed E-state index contributed by atoms with van der Waals surface area (Å²) in [5.74, 6) is 0.0998. The van der Waals surface area contributed by atoms with Gasteiger partial charge in [-0.15, -0.1) is 5.10 Å². The standard InChI is InChI=1S/C16H14ClN5O/c17-13-6-4-12(5-7-13)9-15(23)20-16-19-11-22(21-16)10-14-3-1-2-8-18-14/h1-8,11H,9-10H2,(H,20,21,23). The molecule has 3 rings (SSSR count). The molecule has 6 nitrogen and oxygen atoms in total. The second-order valence-corrected chi connectivity index (χ2v) is 5.37. The van der Waals surface area contributed by atoms with Gasteiger partial charge in [0.25, 0.3) is 0 Å². The van der Waals surface area contributed by atoms with Crippen LogP contribution in [0.2, 0.25) is 5.02 Å². The fourth-order valence-corrected chi connectivity index (χ4v) is 2.17. The van der Waals surface area contributed by atoms with Gasteiger partial charge >= 0.3 is 0 Å². The van der Waals surface area contributed by atoms with Crippen LogP contribution in [0.25, 0.3) is 0 Å². The molecule has 1 aromatic carbocycles. The highest BCUT2D eigenvalue weighted by Crippen LogP contribution is 2.10. The minimum Gasteiger partial charge on any atom is -0.293 e. The molecule has 0 aliphatic heterocycles. The zero-order chi connectivity index (χ0) is 16.1. The predicted molar refractivity (Wildman–Crippen MR) is 87.1 cm³/mol. The summed E-state index contributed by atoms with van der Waals surface area (Å²) in [5, 5.41) is 7.53. The number of benzene rings is 1. The fourth-order valence-electron chi connectivity index (χ4n) is 2.04. The zero-order valence-electron chi connectivity index (χ0n) is 12.2. The molecule has 3 aromatic rings. The molecule has 0 aliphatic rings. The van der Waals surface area contributed by atoms with E-state index in [0.29, 0.717) is 11.6 Å². The Morgan fingerprint density at radius 3 is 2.70 bits per heavy atom. The smallest absolute Gasteiger partial charge is 0.248 e. The average molecular weight is 328 g/mol. The van der Waals surface area contributed by atoms with Crippen LogP contribution in [0.15, 0.2) is 55.0 Å². The van der Waals surface area contributed by atoms with E-state index in [1.54, 1.807) is 29.3 Å². The van der Waals surface area contributed by atoms with Gasteiger partial charge in [-0.2, -0.15) is 0 Å². The number of nitrogens with zero attached hydrogens (tertiary/aromatic N) is 4. The van der Waals surface area contributed by atoms with Crippen LogP contribution in [0, 0.1) is 0 Å². The van der Waals surface area contributed by atoms with Crippen molar-refractivity contribution in [2.75, 3.05) is 5.32 Å². The molecule has 1 N–H and O–H groups in total. The number of pyridine rings is 1. The summed E-state index contributed by atoms with van der Waals surface area (Å²) in [5.41, 5.74) is 1.75. The number of carbonyl (C=O) groups is 1. The van der Waals surface area contributed by atoms with E-state index in [2.05, 4.69) is 20.4 Å². The van der Waals surface area contributed by atoms with E-state index in [0.717, 1.165) is 11.3 Å². The first-order valence-corrected chi connectivity index (χ1v) is 7.40. The largest absolute Gasteiger partial charge is 0.293 e. The van der Waals surface area contributed by atoms with Gasteiger partial charge in [-0.05, 0) is 29.8 Å². The van der Waals surface area contributed by atoms with Gasteiger partial charge in [0.2, 0.25) is 11.9 Å². The van der Waals surface area contributed by atoms with Crippen LogP contribution in [0.4, 0.5) is 5.95 Å². The molecule has 0 aliphatic carbocycles.